The molecule has 102 valence electrons. The summed E-state index contributed by atoms with van der Waals surface area (Å²) in [6, 6.07) is 8.63. The zero-order chi connectivity index (χ0) is 13.1. The van der Waals surface area contributed by atoms with Gasteiger partial charge < -0.3 is 10.6 Å². The van der Waals surface area contributed by atoms with Crippen LogP contribution in [0.5, 0.6) is 0 Å². The van der Waals surface area contributed by atoms with E-state index in [4.69, 9.17) is 0 Å². The largest absolute Gasteiger partial charge is 0.373 e. The summed E-state index contributed by atoms with van der Waals surface area (Å²) in [6.07, 6.45) is 8.02. The van der Waals surface area contributed by atoms with Gasteiger partial charge in [0.05, 0.1) is 0 Å². The molecule has 3 nitrogen and oxygen atoms in total. The van der Waals surface area contributed by atoms with Crippen LogP contribution in [0.2, 0.25) is 0 Å². The van der Waals surface area contributed by atoms with Crippen LogP contribution in [0.1, 0.15) is 44.1 Å². The van der Waals surface area contributed by atoms with Crippen molar-refractivity contribution in [1.82, 2.24) is 5.32 Å². The van der Waals surface area contributed by atoms with E-state index in [9.17, 15) is 4.79 Å². The molecule has 1 aromatic rings. The predicted molar refractivity (Wildman–Crippen MR) is 77.2 cm³/mol. The van der Waals surface area contributed by atoms with E-state index in [-0.39, 0.29) is 11.9 Å². The molecule has 3 rings (SSSR count). The number of carbonyl (C=O) groups is 1. The van der Waals surface area contributed by atoms with Crippen LogP contribution >= 0.6 is 0 Å². The average Bonchev–Trinajstić information content (AvgIpc) is 2.48. The van der Waals surface area contributed by atoms with Crippen molar-refractivity contribution in [1.29, 1.82) is 0 Å². The predicted octanol–water partition coefficient (Wildman–Crippen LogP) is 2.86. The molecule has 1 amide bonds. The molecular weight excluding hydrogens is 236 g/mol. The van der Waals surface area contributed by atoms with Crippen molar-refractivity contribution >= 4 is 11.6 Å². The number of aryl methyl sites for hydroxylation is 1. The Morgan fingerprint density at radius 3 is 2.74 bits per heavy atom. The zero-order valence-corrected chi connectivity index (χ0v) is 11.3. The highest BCUT2D eigenvalue weighted by Gasteiger charge is 2.25. The number of amides is 1. The maximum atomic E-state index is 12.3. The van der Waals surface area contributed by atoms with Crippen LogP contribution in [0.15, 0.2) is 24.3 Å². The van der Waals surface area contributed by atoms with Crippen LogP contribution in [0.25, 0.3) is 0 Å². The Hall–Kier alpha value is -1.51. The number of anilines is 1. The summed E-state index contributed by atoms with van der Waals surface area (Å²) in [5, 5.41) is 6.59. The SMILES string of the molecule is O=C(NC1CCCCC1)C1CCc2ccccc2N1. The lowest BCUT2D eigenvalue weighted by Crippen LogP contribution is -2.46. The second-order valence-electron chi connectivity index (χ2n) is 5.74. The maximum absolute atomic E-state index is 12.3. The summed E-state index contributed by atoms with van der Waals surface area (Å²) < 4.78 is 0. The Morgan fingerprint density at radius 1 is 1.11 bits per heavy atom. The second-order valence-corrected chi connectivity index (χ2v) is 5.74. The Bertz CT molecular complexity index is 452. The van der Waals surface area contributed by atoms with Crippen LogP contribution in [0.4, 0.5) is 5.69 Å². The summed E-state index contributed by atoms with van der Waals surface area (Å²) in [5.41, 5.74) is 2.45. The molecule has 2 N–H and O–H groups in total. The first kappa shape index (κ1) is 12.5. The van der Waals surface area contributed by atoms with E-state index in [1.807, 2.05) is 6.07 Å². The van der Waals surface area contributed by atoms with E-state index in [0.717, 1.165) is 31.4 Å². The Balaban J connectivity index is 1.59. The number of fused-ring (bicyclic) bond motifs is 1. The van der Waals surface area contributed by atoms with E-state index in [0.29, 0.717) is 6.04 Å². The van der Waals surface area contributed by atoms with Crippen molar-refractivity contribution in [3.63, 3.8) is 0 Å². The minimum atomic E-state index is -0.0585. The number of carbonyl (C=O) groups excluding carboxylic acids is 1. The van der Waals surface area contributed by atoms with Gasteiger partial charge in [0.2, 0.25) is 5.91 Å². The Labute approximate surface area is 114 Å². The topological polar surface area (TPSA) is 41.1 Å². The minimum absolute atomic E-state index is 0.0585. The molecule has 1 aliphatic carbocycles. The molecule has 1 aliphatic heterocycles. The van der Waals surface area contributed by atoms with Crippen LogP contribution in [-0.2, 0) is 11.2 Å². The third-order valence-electron chi connectivity index (χ3n) is 4.32. The van der Waals surface area contributed by atoms with E-state index < -0.39 is 0 Å². The van der Waals surface area contributed by atoms with Crippen LogP contribution in [0, 0.1) is 0 Å². The first-order valence-electron chi connectivity index (χ1n) is 7.48. The lowest BCUT2D eigenvalue weighted by atomic mass is 9.94. The fourth-order valence-corrected chi connectivity index (χ4v) is 3.18. The van der Waals surface area contributed by atoms with Gasteiger partial charge in [-0.1, -0.05) is 37.5 Å². The summed E-state index contributed by atoms with van der Waals surface area (Å²) in [7, 11) is 0. The summed E-state index contributed by atoms with van der Waals surface area (Å²) >= 11 is 0. The number of nitrogens with one attached hydrogen (secondary N) is 2. The third-order valence-corrected chi connectivity index (χ3v) is 4.32. The molecule has 1 aromatic carbocycles. The molecule has 1 unspecified atom stereocenters. The highest BCUT2D eigenvalue weighted by Crippen LogP contribution is 2.25. The number of hydrogen-bond donors (Lipinski definition) is 2. The molecule has 2 aliphatic rings. The fraction of sp³-hybridized carbons (Fsp3) is 0.562. The molecule has 1 saturated carbocycles. The van der Waals surface area contributed by atoms with E-state index in [1.54, 1.807) is 0 Å². The maximum Gasteiger partial charge on any atom is 0.242 e. The van der Waals surface area contributed by atoms with Crippen LogP contribution in [0.3, 0.4) is 0 Å². The average molecular weight is 258 g/mol. The van der Waals surface area contributed by atoms with Crippen molar-refractivity contribution in [2.24, 2.45) is 0 Å². The lowest BCUT2D eigenvalue weighted by molar-refractivity contribution is -0.122. The standard InChI is InChI=1S/C16H22N2O/c19-16(17-13-7-2-1-3-8-13)15-11-10-12-6-4-5-9-14(12)18-15/h4-6,9,13,15,18H,1-3,7-8,10-11H2,(H,17,19). The van der Waals surface area contributed by atoms with Gasteiger partial charge in [0.1, 0.15) is 6.04 Å². The Kier molecular flexibility index (Phi) is 3.72. The number of para-hydroxylation sites is 1. The second kappa shape index (κ2) is 5.64. The van der Waals surface area contributed by atoms with Crippen LogP contribution in [-0.4, -0.2) is 18.0 Å². The molecule has 0 bridgehead atoms. The number of benzene rings is 1. The van der Waals surface area contributed by atoms with Gasteiger partial charge in [-0.2, -0.15) is 0 Å². The molecule has 0 saturated heterocycles. The van der Waals surface area contributed by atoms with E-state index in [2.05, 4.69) is 28.8 Å². The normalized spacial score (nSPS) is 23.3. The summed E-state index contributed by atoms with van der Waals surface area (Å²) in [6.45, 7) is 0. The first-order chi connectivity index (χ1) is 9.33. The molecule has 1 fully saturated rings. The van der Waals surface area contributed by atoms with Gasteiger partial charge >= 0.3 is 0 Å². The number of rotatable bonds is 2. The van der Waals surface area contributed by atoms with Crippen LogP contribution < -0.4 is 10.6 Å². The Morgan fingerprint density at radius 2 is 1.89 bits per heavy atom. The summed E-state index contributed by atoms with van der Waals surface area (Å²) in [4.78, 5) is 12.3. The van der Waals surface area contributed by atoms with Gasteiger partial charge in [0, 0.05) is 11.7 Å². The smallest absolute Gasteiger partial charge is 0.242 e. The van der Waals surface area contributed by atoms with Gasteiger partial charge in [0.15, 0.2) is 0 Å². The molecule has 1 heterocycles. The van der Waals surface area contributed by atoms with Gasteiger partial charge in [0.25, 0.3) is 0 Å². The molecule has 0 spiro atoms. The molecule has 3 heteroatoms. The van der Waals surface area contributed by atoms with Crippen molar-refractivity contribution < 1.29 is 4.79 Å². The van der Waals surface area contributed by atoms with Gasteiger partial charge in [-0.25, -0.2) is 0 Å². The van der Waals surface area contributed by atoms with Crippen molar-refractivity contribution in [3.05, 3.63) is 29.8 Å². The third kappa shape index (κ3) is 2.91. The van der Waals surface area contributed by atoms with E-state index >= 15 is 0 Å². The van der Waals surface area contributed by atoms with Gasteiger partial charge in [-0.3, -0.25) is 4.79 Å². The highest BCUT2D eigenvalue weighted by molar-refractivity contribution is 5.85. The zero-order valence-electron chi connectivity index (χ0n) is 11.3. The van der Waals surface area contributed by atoms with E-state index in [1.165, 1.54) is 24.8 Å². The highest BCUT2D eigenvalue weighted by atomic mass is 16.2. The number of hydrogen-bond acceptors (Lipinski definition) is 2. The molecule has 0 radical (unpaired) electrons. The minimum Gasteiger partial charge on any atom is -0.373 e. The monoisotopic (exact) mass is 258 g/mol. The summed E-state index contributed by atoms with van der Waals surface area (Å²) in [5.74, 6) is 0.182. The van der Waals surface area contributed by atoms with Gasteiger partial charge in [-0.05, 0) is 37.3 Å². The van der Waals surface area contributed by atoms with Crippen molar-refractivity contribution in [2.75, 3.05) is 5.32 Å². The molecule has 19 heavy (non-hydrogen) atoms. The fourth-order valence-electron chi connectivity index (χ4n) is 3.18. The van der Waals surface area contributed by atoms with Crippen molar-refractivity contribution in [3.8, 4) is 0 Å². The molecule has 1 atom stereocenters. The van der Waals surface area contributed by atoms with Gasteiger partial charge in [-0.15, -0.1) is 0 Å². The first-order valence-corrected chi connectivity index (χ1v) is 7.48. The molecular formula is C16H22N2O. The molecule has 0 aromatic heterocycles. The van der Waals surface area contributed by atoms with Crippen molar-refractivity contribution in [2.45, 2.75) is 57.0 Å². The lowest BCUT2D eigenvalue weighted by Gasteiger charge is -2.29. The quantitative estimate of drug-likeness (QED) is 0.856.